The number of carbonyl (C=O) groups excluding carboxylic acids is 1. The molecule has 0 saturated carbocycles. The van der Waals surface area contributed by atoms with E-state index in [1.54, 1.807) is 0 Å². The van der Waals surface area contributed by atoms with Crippen molar-refractivity contribution in [1.82, 2.24) is 10.2 Å². The summed E-state index contributed by atoms with van der Waals surface area (Å²) in [7, 11) is 0. The average Bonchev–Trinajstić information content (AvgIpc) is 2.35. The lowest BCUT2D eigenvalue weighted by atomic mass is 10.0. The van der Waals surface area contributed by atoms with Gasteiger partial charge in [-0.2, -0.15) is 0 Å². The highest BCUT2D eigenvalue weighted by Gasteiger charge is 2.26. The summed E-state index contributed by atoms with van der Waals surface area (Å²) in [6.07, 6.45) is 2.38. The van der Waals surface area contributed by atoms with Crippen LogP contribution in [0.2, 0.25) is 0 Å². The fourth-order valence-corrected chi connectivity index (χ4v) is 2.27. The number of ether oxygens (including phenoxy) is 1. The Morgan fingerprint density at radius 1 is 1.53 bits per heavy atom. The number of nitrogens with zero attached hydrogens (tertiary/aromatic N) is 1. The molecule has 1 N–H and O–H groups in total. The molecule has 1 aliphatic heterocycles. The Bertz CT molecular complexity index is 231. The zero-order valence-corrected chi connectivity index (χ0v) is 11.4. The Morgan fingerprint density at radius 3 is 2.94 bits per heavy atom. The number of piperidine rings is 1. The topological polar surface area (TPSA) is 41.6 Å². The van der Waals surface area contributed by atoms with E-state index in [2.05, 4.69) is 12.2 Å². The van der Waals surface area contributed by atoms with Gasteiger partial charge in [-0.3, -0.25) is 4.79 Å². The van der Waals surface area contributed by atoms with Crippen LogP contribution in [-0.2, 0) is 9.53 Å². The normalized spacial score (nSPS) is 22.5. The number of amides is 1. The van der Waals surface area contributed by atoms with E-state index >= 15 is 0 Å². The van der Waals surface area contributed by atoms with Crippen LogP contribution in [0.3, 0.4) is 0 Å². The number of nitrogens with one attached hydrogen (secondary N) is 1. The fraction of sp³-hybridized carbons (Fsp3) is 0.923. The van der Waals surface area contributed by atoms with Crippen LogP contribution in [0.25, 0.3) is 0 Å². The predicted octanol–water partition coefficient (Wildman–Crippen LogP) is 1.26. The van der Waals surface area contributed by atoms with Crippen LogP contribution < -0.4 is 5.32 Å². The van der Waals surface area contributed by atoms with Crippen molar-refractivity contribution in [2.45, 2.75) is 39.7 Å². The molecular weight excluding hydrogens is 216 g/mol. The van der Waals surface area contributed by atoms with Crippen molar-refractivity contribution in [3.8, 4) is 0 Å². The second-order valence-corrected chi connectivity index (χ2v) is 4.71. The largest absolute Gasteiger partial charge is 0.377 e. The highest BCUT2D eigenvalue weighted by Crippen LogP contribution is 2.15. The first kappa shape index (κ1) is 14.5. The summed E-state index contributed by atoms with van der Waals surface area (Å²) >= 11 is 0. The monoisotopic (exact) mass is 242 g/mol. The maximum Gasteiger partial charge on any atom is 0.226 e. The van der Waals surface area contributed by atoms with E-state index in [1.165, 1.54) is 0 Å². The summed E-state index contributed by atoms with van der Waals surface area (Å²) in [5, 5.41) is 3.23. The second-order valence-electron chi connectivity index (χ2n) is 4.71. The molecule has 2 unspecified atom stereocenters. The van der Waals surface area contributed by atoms with Crippen molar-refractivity contribution < 1.29 is 9.53 Å². The third kappa shape index (κ3) is 4.64. The van der Waals surface area contributed by atoms with Gasteiger partial charge in [0.1, 0.15) is 0 Å². The lowest BCUT2D eigenvalue weighted by Crippen LogP contribution is -2.46. The molecule has 1 amide bonds. The van der Waals surface area contributed by atoms with Gasteiger partial charge in [-0.25, -0.2) is 0 Å². The summed E-state index contributed by atoms with van der Waals surface area (Å²) in [6, 6.07) is 0. The minimum absolute atomic E-state index is 0.0651. The highest BCUT2D eigenvalue weighted by atomic mass is 16.5. The minimum Gasteiger partial charge on any atom is -0.377 e. The molecule has 2 atom stereocenters. The molecule has 0 radical (unpaired) electrons. The molecule has 4 heteroatoms. The van der Waals surface area contributed by atoms with Crippen molar-refractivity contribution in [2.75, 3.05) is 32.8 Å². The Kier molecular flexibility index (Phi) is 6.52. The minimum atomic E-state index is 0.0651. The van der Waals surface area contributed by atoms with Crippen LogP contribution in [0, 0.1) is 5.92 Å². The smallest absolute Gasteiger partial charge is 0.226 e. The zero-order chi connectivity index (χ0) is 12.7. The molecule has 0 aliphatic carbocycles. The molecule has 1 saturated heterocycles. The average molecular weight is 242 g/mol. The van der Waals surface area contributed by atoms with Crippen molar-refractivity contribution in [2.24, 2.45) is 5.92 Å². The second kappa shape index (κ2) is 7.67. The lowest BCUT2D eigenvalue weighted by molar-refractivity contribution is -0.138. The molecule has 1 aliphatic rings. The summed E-state index contributed by atoms with van der Waals surface area (Å²) < 4.78 is 5.61. The number of likely N-dealkylation sites (tertiary alicyclic amines) is 1. The number of hydrogen-bond acceptors (Lipinski definition) is 3. The molecule has 0 aromatic carbocycles. The number of rotatable bonds is 6. The Balaban J connectivity index is 2.39. The SMILES string of the molecule is CCNCC(C)C(=O)N1CCCC(OCC)C1. The van der Waals surface area contributed by atoms with Gasteiger partial charge in [-0.1, -0.05) is 13.8 Å². The van der Waals surface area contributed by atoms with Crippen molar-refractivity contribution in [3.05, 3.63) is 0 Å². The third-order valence-electron chi connectivity index (χ3n) is 3.21. The summed E-state index contributed by atoms with van der Waals surface area (Å²) in [6.45, 7) is 10.1. The Hall–Kier alpha value is -0.610. The Labute approximate surface area is 105 Å². The quantitative estimate of drug-likeness (QED) is 0.762. The van der Waals surface area contributed by atoms with E-state index in [4.69, 9.17) is 4.74 Å². The van der Waals surface area contributed by atoms with Crippen molar-refractivity contribution in [1.29, 1.82) is 0 Å². The lowest BCUT2D eigenvalue weighted by Gasteiger charge is -2.34. The zero-order valence-electron chi connectivity index (χ0n) is 11.4. The van der Waals surface area contributed by atoms with E-state index in [0.717, 1.165) is 45.6 Å². The van der Waals surface area contributed by atoms with Crippen LogP contribution in [0.4, 0.5) is 0 Å². The third-order valence-corrected chi connectivity index (χ3v) is 3.21. The molecule has 0 spiro atoms. The van der Waals surface area contributed by atoms with Crippen LogP contribution in [0.5, 0.6) is 0 Å². The molecule has 1 fully saturated rings. The van der Waals surface area contributed by atoms with Crippen LogP contribution in [0.15, 0.2) is 0 Å². The van der Waals surface area contributed by atoms with Crippen LogP contribution >= 0.6 is 0 Å². The Morgan fingerprint density at radius 2 is 2.29 bits per heavy atom. The van der Waals surface area contributed by atoms with E-state index < -0.39 is 0 Å². The highest BCUT2D eigenvalue weighted by molar-refractivity contribution is 5.78. The predicted molar refractivity (Wildman–Crippen MR) is 68.9 cm³/mol. The first-order valence-electron chi connectivity index (χ1n) is 6.80. The van der Waals surface area contributed by atoms with Gasteiger partial charge in [0.25, 0.3) is 0 Å². The first-order valence-corrected chi connectivity index (χ1v) is 6.80. The van der Waals surface area contributed by atoms with Crippen LogP contribution in [0.1, 0.15) is 33.6 Å². The summed E-state index contributed by atoms with van der Waals surface area (Å²) in [4.78, 5) is 14.1. The molecule has 100 valence electrons. The standard InChI is InChI=1S/C13H26N2O2/c1-4-14-9-11(3)13(16)15-8-6-7-12(10-15)17-5-2/h11-12,14H,4-10H2,1-3H3. The van der Waals surface area contributed by atoms with Gasteiger partial charge >= 0.3 is 0 Å². The fourth-order valence-electron chi connectivity index (χ4n) is 2.27. The molecule has 0 aromatic rings. The van der Waals surface area contributed by atoms with Crippen molar-refractivity contribution in [3.63, 3.8) is 0 Å². The molecule has 0 aromatic heterocycles. The first-order chi connectivity index (χ1) is 8.19. The van der Waals surface area contributed by atoms with Gasteiger partial charge < -0.3 is 15.0 Å². The van der Waals surface area contributed by atoms with E-state index in [0.29, 0.717) is 0 Å². The van der Waals surface area contributed by atoms with Gasteiger partial charge in [-0.05, 0) is 26.3 Å². The maximum atomic E-state index is 12.2. The van der Waals surface area contributed by atoms with Gasteiger partial charge in [-0.15, -0.1) is 0 Å². The van der Waals surface area contributed by atoms with E-state index in [9.17, 15) is 4.79 Å². The number of hydrogen-bond donors (Lipinski definition) is 1. The van der Waals surface area contributed by atoms with Gasteiger partial charge in [0, 0.05) is 32.2 Å². The van der Waals surface area contributed by atoms with Gasteiger partial charge in [0.05, 0.1) is 6.10 Å². The summed E-state index contributed by atoms with van der Waals surface area (Å²) in [5.41, 5.74) is 0. The number of carbonyl (C=O) groups is 1. The maximum absolute atomic E-state index is 12.2. The molecule has 4 nitrogen and oxygen atoms in total. The van der Waals surface area contributed by atoms with Crippen molar-refractivity contribution >= 4 is 5.91 Å². The van der Waals surface area contributed by atoms with Gasteiger partial charge in [0.15, 0.2) is 0 Å². The van der Waals surface area contributed by atoms with E-state index in [1.807, 2.05) is 18.7 Å². The van der Waals surface area contributed by atoms with Crippen LogP contribution in [-0.4, -0.2) is 49.7 Å². The molecule has 1 heterocycles. The molecule has 0 bridgehead atoms. The van der Waals surface area contributed by atoms with Gasteiger partial charge in [0.2, 0.25) is 5.91 Å². The molecular formula is C13H26N2O2. The summed E-state index contributed by atoms with van der Waals surface area (Å²) in [5.74, 6) is 0.325. The molecule has 1 rings (SSSR count). The van der Waals surface area contributed by atoms with E-state index in [-0.39, 0.29) is 17.9 Å². The molecule has 17 heavy (non-hydrogen) atoms.